The molecule has 4 N–H and O–H groups in total. The highest BCUT2D eigenvalue weighted by Crippen LogP contribution is 2.20. The molecule has 17 heavy (non-hydrogen) atoms. The Kier molecular flexibility index (Phi) is 3.10. The average Bonchev–Trinajstić information content (AvgIpc) is 2.68. The third-order valence-electron chi connectivity index (χ3n) is 2.68. The fourth-order valence-electron chi connectivity index (χ4n) is 1.86. The van der Waals surface area contributed by atoms with Crippen LogP contribution in [0.4, 0.5) is 0 Å². The van der Waals surface area contributed by atoms with Gasteiger partial charge in [-0.15, -0.1) is 0 Å². The Morgan fingerprint density at radius 2 is 2.06 bits per heavy atom. The van der Waals surface area contributed by atoms with Gasteiger partial charge >= 0.3 is 0 Å². The number of hydrogen-bond acceptors (Lipinski definition) is 2. The van der Waals surface area contributed by atoms with Gasteiger partial charge < -0.3 is 16.0 Å². The molecule has 0 fully saturated rings. The van der Waals surface area contributed by atoms with E-state index in [9.17, 15) is 4.79 Å². The number of nitrogens with two attached hydrogens (primary N) is 2. The van der Waals surface area contributed by atoms with E-state index in [2.05, 4.69) is 0 Å². The van der Waals surface area contributed by atoms with E-state index < -0.39 is 0 Å². The van der Waals surface area contributed by atoms with Crippen LogP contribution in [0.2, 0.25) is 0 Å². The van der Waals surface area contributed by atoms with E-state index in [4.69, 9.17) is 23.7 Å². The normalized spacial score (nSPS) is 10.6. The first-order valence-electron chi connectivity index (χ1n) is 5.25. The molecule has 0 saturated carbocycles. The van der Waals surface area contributed by atoms with Crippen LogP contribution in [0.25, 0.3) is 10.9 Å². The first kappa shape index (κ1) is 11.6. The molecule has 2 aromatic rings. The van der Waals surface area contributed by atoms with Crippen LogP contribution in [0.5, 0.6) is 0 Å². The van der Waals surface area contributed by atoms with Gasteiger partial charge in [0.2, 0.25) is 5.91 Å². The molecule has 0 bridgehead atoms. The van der Waals surface area contributed by atoms with Gasteiger partial charge in [0.15, 0.2) is 0 Å². The Morgan fingerprint density at radius 1 is 1.29 bits per heavy atom. The van der Waals surface area contributed by atoms with Gasteiger partial charge in [0.25, 0.3) is 0 Å². The summed E-state index contributed by atoms with van der Waals surface area (Å²) in [6.45, 7) is 0.569. The van der Waals surface area contributed by atoms with E-state index in [1.807, 2.05) is 35.0 Å². The highest BCUT2D eigenvalue weighted by molar-refractivity contribution is 7.80. The van der Waals surface area contributed by atoms with Gasteiger partial charge in [-0.05, 0) is 12.1 Å². The molecule has 0 unspecified atom stereocenters. The molecule has 4 nitrogen and oxygen atoms in total. The van der Waals surface area contributed by atoms with Crippen molar-refractivity contribution in [1.82, 2.24) is 4.57 Å². The average molecular weight is 247 g/mol. The molecule has 1 heterocycles. The molecule has 1 amide bonds. The lowest BCUT2D eigenvalue weighted by atomic mass is 10.1. The molecule has 0 radical (unpaired) electrons. The SMILES string of the molecule is NC(=O)CCn1ccc2c(C(N)=S)cccc21. The smallest absolute Gasteiger partial charge is 0.219 e. The number of aryl methyl sites for hydroxylation is 1. The summed E-state index contributed by atoms with van der Waals surface area (Å²) < 4.78 is 1.97. The minimum Gasteiger partial charge on any atom is -0.389 e. The van der Waals surface area contributed by atoms with Crippen LogP contribution in [0.3, 0.4) is 0 Å². The summed E-state index contributed by atoms with van der Waals surface area (Å²) in [4.78, 5) is 11.2. The number of carbonyl (C=O) groups is 1. The molecular weight excluding hydrogens is 234 g/mol. The van der Waals surface area contributed by atoms with Crippen molar-refractivity contribution >= 4 is 34.0 Å². The summed E-state index contributed by atoms with van der Waals surface area (Å²) in [5.74, 6) is -0.308. The van der Waals surface area contributed by atoms with Crippen LogP contribution in [0, 0.1) is 0 Å². The maximum absolute atomic E-state index is 10.8. The highest BCUT2D eigenvalue weighted by Gasteiger charge is 2.07. The second-order valence-electron chi connectivity index (χ2n) is 3.83. The van der Waals surface area contributed by atoms with E-state index in [1.54, 1.807) is 0 Å². The van der Waals surface area contributed by atoms with Crippen molar-refractivity contribution in [3.05, 3.63) is 36.0 Å². The van der Waals surface area contributed by atoms with Crippen LogP contribution in [-0.2, 0) is 11.3 Å². The van der Waals surface area contributed by atoms with Gasteiger partial charge in [0, 0.05) is 35.6 Å². The molecule has 88 valence electrons. The van der Waals surface area contributed by atoms with Crippen molar-refractivity contribution in [3.8, 4) is 0 Å². The van der Waals surface area contributed by atoms with Gasteiger partial charge in [0.1, 0.15) is 4.99 Å². The Hall–Kier alpha value is -1.88. The Morgan fingerprint density at radius 3 is 2.71 bits per heavy atom. The highest BCUT2D eigenvalue weighted by atomic mass is 32.1. The molecule has 0 saturated heterocycles. The molecule has 0 spiro atoms. The quantitative estimate of drug-likeness (QED) is 0.796. The van der Waals surface area contributed by atoms with Gasteiger partial charge in [-0.25, -0.2) is 0 Å². The largest absolute Gasteiger partial charge is 0.389 e. The minimum absolute atomic E-state index is 0.308. The summed E-state index contributed by atoms with van der Waals surface area (Å²) in [6, 6.07) is 7.71. The van der Waals surface area contributed by atoms with Crippen molar-refractivity contribution in [2.24, 2.45) is 11.5 Å². The predicted octanol–water partition coefficient (Wildman–Crippen LogP) is 1.15. The van der Waals surface area contributed by atoms with E-state index in [0.717, 1.165) is 16.5 Å². The van der Waals surface area contributed by atoms with Gasteiger partial charge in [-0.2, -0.15) is 0 Å². The fraction of sp³-hybridized carbons (Fsp3) is 0.167. The minimum atomic E-state index is -0.308. The maximum Gasteiger partial charge on any atom is 0.219 e. The predicted molar refractivity (Wildman–Crippen MR) is 71.6 cm³/mol. The van der Waals surface area contributed by atoms with Crippen LogP contribution in [-0.4, -0.2) is 15.5 Å². The third-order valence-corrected chi connectivity index (χ3v) is 2.90. The monoisotopic (exact) mass is 247 g/mol. The summed E-state index contributed by atoms with van der Waals surface area (Å²) in [5, 5.41) is 1.00. The molecular formula is C12H13N3OS. The Balaban J connectivity index is 2.44. The molecule has 5 heteroatoms. The summed E-state index contributed by atoms with van der Waals surface area (Å²) in [5.41, 5.74) is 12.7. The van der Waals surface area contributed by atoms with Crippen molar-refractivity contribution in [2.45, 2.75) is 13.0 Å². The van der Waals surface area contributed by atoms with Crippen molar-refractivity contribution in [1.29, 1.82) is 0 Å². The summed E-state index contributed by atoms with van der Waals surface area (Å²) >= 11 is 5.00. The molecule has 0 aliphatic heterocycles. The molecule has 0 atom stereocenters. The summed E-state index contributed by atoms with van der Waals surface area (Å²) in [6.07, 6.45) is 2.23. The first-order chi connectivity index (χ1) is 8.09. The van der Waals surface area contributed by atoms with Gasteiger partial charge in [-0.1, -0.05) is 24.4 Å². The van der Waals surface area contributed by atoms with E-state index >= 15 is 0 Å². The number of nitrogens with zero attached hydrogens (tertiary/aromatic N) is 1. The lowest BCUT2D eigenvalue weighted by Crippen LogP contribution is -2.13. The fourth-order valence-corrected chi connectivity index (χ4v) is 2.04. The molecule has 1 aromatic heterocycles. The van der Waals surface area contributed by atoms with Gasteiger partial charge in [-0.3, -0.25) is 4.79 Å². The molecule has 0 aliphatic carbocycles. The Bertz CT molecular complexity index is 588. The standard InChI is InChI=1S/C12H13N3OS/c13-11(16)5-7-15-6-4-8-9(12(14)17)2-1-3-10(8)15/h1-4,6H,5,7H2,(H2,13,16)(H2,14,17). The zero-order valence-electron chi connectivity index (χ0n) is 9.22. The number of carbonyl (C=O) groups excluding carboxylic acids is 1. The number of aromatic nitrogens is 1. The lowest BCUT2D eigenvalue weighted by Gasteiger charge is -2.05. The topological polar surface area (TPSA) is 74.0 Å². The van der Waals surface area contributed by atoms with Crippen molar-refractivity contribution < 1.29 is 4.79 Å². The molecule has 0 aliphatic rings. The first-order valence-corrected chi connectivity index (χ1v) is 5.66. The molecule has 2 rings (SSSR count). The zero-order chi connectivity index (χ0) is 12.4. The van der Waals surface area contributed by atoms with Crippen LogP contribution in [0.15, 0.2) is 30.5 Å². The summed E-state index contributed by atoms with van der Waals surface area (Å²) in [7, 11) is 0. The maximum atomic E-state index is 10.8. The zero-order valence-corrected chi connectivity index (χ0v) is 10.0. The van der Waals surface area contributed by atoms with E-state index in [0.29, 0.717) is 18.0 Å². The number of thiocarbonyl (C=S) groups is 1. The van der Waals surface area contributed by atoms with E-state index in [-0.39, 0.29) is 5.91 Å². The van der Waals surface area contributed by atoms with Crippen LogP contribution >= 0.6 is 12.2 Å². The number of hydrogen-bond donors (Lipinski definition) is 2. The second-order valence-corrected chi connectivity index (χ2v) is 4.27. The number of amides is 1. The van der Waals surface area contributed by atoms with Gasteiger partial charge in [0.05, 0.1) is 0 Å². The van der Waals surface area contributed by atoms with E-state index in [1.165, 1.54) is 0 Å². The molecule has 1 aromatic carbocycles. The third kappa shape index (κ3) is 2.29. The Labute approximate surface area is 104 Å². The van der Waals surface area contributed by atoms with Crippen LogP contribution < -0.4 is 11.5 Å². The number of rotatable bonds is 4. The number of fused-ring (bicyclic) bond motifs is 1. The van der Waals surface area contributed by atoms with Crippen molar-refractivity contribution in [2.75, 3.05) is 0 Å². The number of primary amides is 1. The number of benzene rings is 1. The van der Waals surface area contributed by atoms with Crippen molar-refractivity contribution in [3.63, 3.8) is 0 Å². The second kappa shape index (κ2) is 4.55. The van der Waals surface area contributed by atoms with Crippen LogP contribution in [0.1, 0.15) is 12.0 Å². The lowest BCUT2D eigenvalue weighted by molar-refractivity contribution is -0.118.